The van der Waals surface area contributed by atoms with Gasteiger partial charge in [-0.3, -0.25) is 4.79 Å². The van der Waals surface area contributed by atoms with E-state index in [2.05, 4.69) is 21.5 Å². The molecule has 138 valence electrons. The monoisotopic (exact) mass is 378 g/mol. The molecule has 0 saturated carbocycles. The zero-order chi connectivity index (χ0) is 18.8. The Kier molecular flexibility index (Phi) is 4.90. The molecular formula is C21H22N4OS. The molecule has 1 atom stereocenters. The quantitative estimate of drug-likeness (QED) is 0.526. The molecule has 2 N–H and O–H groups in total. The van der Waals surface area contributed by atoms with Crippen molar-refractivity contribution in [3.63, 3.8) is 0 Å². The summed E-state index contributed by atoms with van der Waals surface area (Å²) in [5.41, 5.74) is 3.69. The summed E-state index contributed by atoms with van der Waals surface area (Å²) in [6.07, 6.45) is 4.89. The Bertz CT molecular complexity index is 1060. The van der Waals surface area contributed by atoms with Crippen molar-refractivity contribution in [1.82, 2.24) is 19.9 Å². The number of carbonyl (C=O) groups is 1. The first-order valence-electron chi connectivity index (χ1n) is 8.95. The van der Waals surface area contributed by atoms with Crippen molar-refractivity contribution in [2.45, 2.75) is 12.5 Å². The lowest BCUT2D eigenvalue weighted by molar-refractivity contribution is 0.0934. The Balaban J connectivity index is 1.60. The molecule has 5 nitrogen and oxygen atoms in total. The number of hydrogen-bond donors (Lipinski definition) is 2. The average molecular weight is 379 g/mol. The molecule has 27 heavy (non-hydrogen) atoms. The maximum Gasteiger partial charge on any atom is 0.251 e. The molecule has 2 aromatic carbocycles. The summed E-state index contributed by atoms with van der Waals surface area (Å²) < 4.78 is 2.05. The van der Waals surface area contributed by atoms with Crippen molar-refractivity contribution >= 4 is 39.6 Å². The van der Waals surface area contributed by atoms with Gasteiger partial charge in [0.25, 0.3) is 5.91 Å². The van der Waals surface area contributed by atoms with Crippen LogP contribution >= 0.6 is 11.8 Å². The van der Waals surface area contributed by atoms with E-state index in [1.807, 2.05) is 66.3 Å². The summed E-state index contributed by atoms with van der Waals surface area (Å²) in [4.78, 5) is 20.9. The number of fused-ring (bicyclic) bond motifs is 2. The van der Waals surface area contributed by atoms with Gasteiger partial charge in [0.15, 0.2) is 0 Å². The second-order valence-electron chi connectivity index (χ2n) is 6.65. The Morgan fingerprint density at radius 1 is 1.26 bits per heavy atom. The van der Waals surface area contributed by atoms with Gasteiger partial charge in [0.2, 0.25) is 0 Å². The van der Waals surface area contributed by atoms with Crippen LogP contribution in [-0.4, -0.2) is 32.5 Å². The number of aromatic nitrogens is 3. The summed E-state index contributed by atoms with van der Waals surface area (Å²) in [7, 11) is 2.00. The Labute approximate surface area is 162 Å². The second kappa shape index (κ2) is 7.48. The smallest absolute Gasteiger partial charge is 0.251 e. The third-order valence-corrected chi connectivity index (χ3v) is 5.45. The molecule has 0 aliphatic heterocycles. The van der Waals surface area contributed by atoms with E-state index in [4.69, 9.17) is 0 Å². The van der Waals surface area contributed by atoms with Gasteiger partial charge in [-0.1, -0.05) is 12.1 Å². The Hall–Kier alpha value is -2.73. The van der Waals surface area contributed by atoms with Gasteiger partial charge in [-0.25, -0.2) is 4.98 Å². The molecule has 0 aliphatic carbocycles. The van der Waals surface area contributed by atoms with Crippen molar-refractivity contribution in [1.29, 1.82) is 0 Å². The van der Waals surface area contributed by atoms with Crippen LogP contribution in [0.4, 0.5) is 0 Å². The number of aromatic amines is 1. The maximum atomic E-state index is 12.9. The summed E-state index contributed by atoms with van der Waals surface area (Å²) in [5.74, 6) is 1.67. The number of nitrogens with one attached hydrogen (secondary N) is 2. The van der Waals surface area contributed by atoms with Gasteiger partial charge in [-0.2, -0.15) is 11.8 Å². The van der Waals surface area contributed by atoms with Crippen molar-refractivity contribution in [3.05, 3.63) is 66.1 Å². The Morgan fingerprint density at radius 3 is 2.93 bits per heavy atom. The number of aryl methyl sites for hydroxylation is 1. The molecule has 4 aromatic rings. The second-order valence-corrected chi connectivity index (χ2v) is 7.63. The SMILES string of the molecule is CSCC[C@H](NC(=O)c1ccc2c(ccn2C)c1)c1nc2ccccc2[nH]1. The average Bonchev–Trinajstić information content (AvgIpc) is 3.28. The van der Waals surface area contributed by atoms with E-state index in [9.17, 15) is 4.79 Å². The molecule has 0 spiro atoms. The van der Waals surface area contributed by atoms with E-state index in [1.165, 1.54) is 0 Å². The van der Waals surface area contributed by atoms with Gasteiger partial charge < -0.3 is 14.9 Å². The minimum absolute atomic E-state index is 0.0766. The molecule has 0 aliphatic rings. The first kappa shape index (κ1) is 17.7. The van der Waals surface area contributed by atoms with Crippen molar-refractivity contribution < 1.29 is 4.79 Å². The first-order chi connectivity index (χ1) is 13.2. The predicted octanol–water partition coefficient (Wildman–Crippen LogP) is 4.28. The summed E-state index contributed by atoms with van der Waals surface area (Å²) in [6.45, 7) is 0. The first-order valence-corrected chi connectivity index (χ1v) is 10.3. The highest BCUT2D eigenvalue weighted by molar-refractivity contribution is 7.98. The number of para-hydroxylation sites is 2. The van der Waals surface area contributed by atoms with Crippen LogP contribution in [0.3, 0.4) is 0 Å². The molecule has 0 radical (unpaired) electrons. The van der Waals surface area contributed by atoms with E-state index < -0.39 is 0 Å². The number of imidazole rings is 1. The molecular weight excluding hydrogens is 356 g/mol. The lowest BCUT2D eigenvalue weighted by Crippen LogP contribution is -2.29. The maximum absolute atomic E-state index is 12.9. The summed E-state index contributed by atoms with van der Waals surface area (Å²) >= 11 is 1.76. The van der Waals surface area contributed by atoms with Gasteiger partial charge in [-0.05, 0) is 54.8 Å². The molecule has 2 heterocycles. The van der Waals surface area contributed by atoms with Gasteiger partial charge in [0, 0.05) is 29.7 Å². The molecule has 0 saturated heterocycles. The van der Waals surface area contributed by atoms with E-state index in [0.29, 0.717) is 5.56 Å². The molecule has 2 aromatic heterocycles. The fourth-order valence-electron chi connectivity index (χ4n) is 3.31. The number of H-pyrrole nitrogens is 1. The summed E-state index contributed by atoms with van der Waals surface area (Å²) in [6, 6.07) is 15.6. The zero-order valence-electron chi connectivity index (χ0n) is 15.4. The number of amides is 1. The van der Waals surface area contributed by atoms with E-state index in [0.717, 1.165) is 39.9 Å². The number of benzene rings is 2. The van der Waals surface area contributed by atoms with Gasteiger partial charge in [-0.15, -0.1) is 0 Å². The molecule has 1 amide bonds. The standard InChI is InChI=1S/C21H22N4OS/c1-25-11-9-14-13-15(7-8-19(14)25)21(26)24-18(10-12-27-2)20-22-16-5-3-4-6-17(16)23-20/h3-9,11,13,18H,10,12H2,1-2H3,(H,22,23)(H,24,26)/t18-/m0/s1. The van der Waals surface area contributed by atoms with Crippen LogP contribution in [0.1, 0.15) is 28.6 Å². The van der Waals surface area contributed by atoms with Crippen LogP contribution in [0.15, 0.2) is 54.7 Å². The molecule has 0 unspecified atom stereocenters. The van der Waals surface area contributed by atoms with Crippen LogP contribution in [-0.2, 0) is 7.05 Å². The summed E-state index contributed by atoms with van der Waals surface area (Å²) in [5, 5.41) is 4.23. The van der Waals surface area contributed by atoms with Gasteiger partial charge >= 0.3 is 0 Å². The molecule has 0 fully saturated rings. The number of hydrogen-bond acceptors (Lipinski definition) is 3. The molecule has 0 bridgehead atoms. The number of carbonyl (C=O) groups excluding carboxylic acids is 1. The van der Waals surface area contributed by atoms with Crippen LogP contribution < -0.4 is 5.32 Å². The number of thioether (sulfide) groups is 1. The topological polar surface area (TPSA) is 62.7 Å². The van der Waals surface area contributed by atoms with E-state index in [-0.39, 0.29) is 11.9 Å². The zero-order valence-corrected chi connectivity index (χ0v) is 16.2. The minimum atomic E-state index is -0.149. The van der Waals surface area contributed by atoms with Crippen LogP contribution in [0, 0.1) is 0 Å². The lowest BCUT2D eigenvalue weighted by atomic mass is 10.1. The number of nitrogens with zero attached hydrogens (tertiary/aromatic N) is 2. The highest BCUT2D eigenvalue weighted by Gasteiger charge is 2.19. The van der Waals surface area contributed by atoms with Gasteiger partial charge in [0.1, 0.15) is 5.82 Å². The highest BCUT2D eigenvalue weighted by Crippen LogP contribution is 2.22. The highest BCUT2D eigenvalue weighted by atomic mass is 32.2. The van der Waals surface area contributed by atoms with Crippen LogP contribution in [0.25, 0.3) is 21.9 Å². The van der Waals surface area contributed by atoms with Gasteiger partial charge in [0.05, 0.1) is 17.1 Å². The van der Waals surface area contributed by atoms with Crippen LogP contribution in [0.2, 0.25) is 0 Å². The fraction of sp³-hybridized carbons (Fsp3) is 0.238. The predicted molar refractivity (Wildman–Crippen MR) is 112 cm³/mol. The van der Waals surface area contributed by atoms with Crippen molar-refractivity contribution in [3.8, 4) is 0 Å². The third kappa shape index (κ3) is 3.57. The molecule has 4 rings (SSSR count). The van der Waals surface area contributed by atoms with E-state index >= 15 is 0 Å². The molecule has 6 heteroatoms. The van der Waals surface area contributed by atoms with Crippen molar-refractivity contribution in [2.75, 3.05) is 12.0 Å². The minimum Gasteiger partial charge on any atom is -0.351 e. The Morgan fingerprint density at radius 2 is 2.11 bits per heavy atom. The van der Waals surface area contributed by atoms with E-state index in [1.54, 1.807) is 11.8 Å². The third-order valence-electron chi connectivity index (χ3n) is 4.80. The largest absolute Gasteiger partial charge is 0.351 e. The fourth-order valence-corrected chi connectivity index (χ4v) is 3.79. The van der Waals surface area contributed by atoms with Crippen LogP contribution in [0.5, 0.6) is 0 Å². The normalized spacial score (nSPS) is 12.5. The van der Waals surface area contributed by atoms with Crippen molar-refractivity contribution in [2.24, 2.45) is 7.05 Å². The lowest BCUT2D eigenvalue weighted by Gasteiger charge is -2.16. The number of rotatable bonds is 6.